The van der Waals surface area contributed by atoms with Crippen LogP contribution in [0.3, 0.4) is 0 Å². The summed E-state index contributed by atoms with van der Waals surface area (Å²) in [6, 6.07) is 13.5. The van der Waals surface area contributed by atoms with E-state index in [4.69, 9.17) is 4.74 Å². The van der Waals surface area contributed by atoms with Crippen molar-refractivity contribution in [1.82, 2.24) is 4.90 Å². The van der Waals surface area contributed by atoms with Crippen molar-refractivity contribution in [3.8, 4) is 0 Å². The number of carbonyl (C=O) groups is 1. The molecule has 1 atom stereocenters. The third kappa shape index (κ3) is 4.86. The van der Waals surface area contributed by atoms with Crippen LogP contribution < -0.4 is 0 Å². The van der Waals surface area contributed by atoms with Gasteiger partial charge in [0, 0.05) is 23.3 Å². The topological polar surface area (TPSA) is 49.8 Å². The Balaban J connectivity index is 1.74. The van der Waals surface area contributed by atoms with Crippen molar-refractivity contribution in [3.05, 3.63) is 57.8 Å². The Morgan fingerprint density at radius 1 is 1.27 bits per heavy atom. The highest BCUT2D eigenvalue weighted by atomic mass is 32.1. The average Bonchev–Trinajstić information content (AvgIpc) is 2.97. The fourth-order valence-corrected chi connectivity index (χ4v) is 2.91. The van der Waals surface area contributed by atoms with Crippen LogP contribution in [0.25, 0.3) is 0 Å². The standard InChI is InChI=1S/C17H21NO3S/c1-13-8-9-16(22-13)15(19)10-11-18(2)17(20)21-12-14-6-4-3-5-7-14/h3-9,15,19H,10-12H2,1-2H3. The molecule has 1 unspecified atom stereocenters. The Morgan fingerprint density at radius 2 is 2.00 bits per heavy atom. The molecule has 0 aliphatic heterocycles. The molecule has 0 bridgehead atoms. The Labute approximate surface area is 135 Å². The fraction of sp³-hybridized carbons (Fsp3) is 0.353. The Hall–Kier alpha value is -1.85. The van der Waals surface area contributed by atoms with Crippen LogP contribution >= 0.6 is 11.3 Å². The maximum atomic E-state index is 11.9. The second-order valence-corrected chi connectivity index (χ2v) is 6.53. The maximum absolute atomic E-state index is 11.9. The van der Waals surface area contributed by atoms with Gasteiger partial charge in [0.2, 0.25) is 0 Å². The van der Waals surface area contributed by atoms with Crippen LogP contribution in [0.1, 0.15) is 27.8 Å². The Kier molecular flexibility index (Phi) is 5.98. The maximum Gasteiger partial charge on any atom is 0.409 e. The molecule has 0 saturated carbocycles. The van der Waals surface area contributed by atoms with Crippen molar-refractivity contribution < 1.29 is 14.6 Å². The number of aryl methyl sites for hydroxylation is 1. The molecule has 0 aliphatic carbocycles. The Bertz CT molecular complexity index is 597. The van der Waals surface area contributed by atoms with Gasteiger partial charge < -0.3 is 14.7 Å². The number of hydrogen-bond acceptors (Lipinski definition) is 4. The molecule has 2 rings (SSSR count). The summed E-state index contributed by atoms with van der Waals surface area (Å²) >= 11 is 1.58. The van der Waals surface area contributed by atoms with Crippen molar-refractivity contribution in [2.45, 2.75) is 26.1 Å². The van der Waals surface area contributed by atoms with Gasteiger partial charge in [0.15, 0.2) is 0 Å². The molecule has 0 spiro atoms. The highest BCUT2D eigenvalue weighted by Crippen LogP contribution is 2.25. The summed E-state index contributed by atoms with van der Waals surface area (Å²) < 4.78 is 5.24. The second kappa shape index (κ2) is 7.96. The summed E-state index contributed by atoms with van der Waals surface area (Å²) in [6.45, 7) is 2.72. The van der Waals surface area contributed by atoms with E-state index in [2.05, 4.69) is 0 Å². The zero-order chi connectivity index (χ0) is 15.9. The van der Waals surface area contributed by atoms with E-state index in [-0.39, 0.29) is 12.7 Å². The van der Waals surface area contributed by atoms with E-state index in [1.54, 1.807) is 18.4 Å². The van der Waals surface area contributed by atoms with Crippen LogP contribution in [-0.2, 0) is 11.3 Å². The van der Waals surface area contributed by atoms with Gasteiger partial charge in [0.05, 0.1) is 6.10 Å². The summed E-state index contributed by atoms with van der Waals surface area (Å²) in [6.07, 6.45) is -0.418. The summed E-state index contributed by atoms with van der Waals surface area (Å²) in [5.41, 5.74) is 0.957. The van der Waals surface area contributed by atoms with Gasteiger partial charge >= 0.3 is 6.09 Å². The first-order chi connectivity index (χ1) is 10.6. The van der Waals surface area contributed by atoms with Gasteiger partial charge in [-0.3, -0.25) is 0 Å². The van der Waals surface area contributed by atoms with Crippen LogP contribution in [0.2, 0.25) is 0 Å². The van der Waals surface area contributed by atoms with Gasteiger partial charge in [-0.1, -0.05) is 30.3 Å². The molecule has 2 aromatic rings. The Morgan fingerprint density at radius 3 is 2.64 bits per heavy atom. The van der Waals surface area contributed by atoms with Gasteiger partial charge in [0.1, 0.15) is 6.61 Å². The molecule has 1 N–H and O–H groups in total. The van der Waals surface area contributed by atoms with Crippen LogP contribution in [0.4, 0.5) is 4.79 Å². The number of ether oxygens (including phenoxy) is 1. The first-order valence-corrected chi connectivity index (χ1v) is 8.04. The van der Waals surface area contributed by atoms with Crippen molar-refractivity contribution in [3.63, 3.8) is 0 Å². The molecular formula is C17H21NO3S. The molecule has 0 aliphatic rings. The predicted octanol–water partition coefficient (Wildman–Crippen LogP) is 3.75. The van der Waals surface area contributed by atoms with Crippen molar-refractivity contribution >= 4 is 17.4 Å². The highest BCUT2D eigenvalue weighted by Gasteiger charge is 2.14. The van der Waals surface area contributed by atoms with Crippen LogP contribution in [0.15, 0.2) is 42.5 Å². The fourth-order valence-electron chi connectivity index (χ4n) is 2.01. The molecule has 22 heavy (non-hydrogen) atoms. The van der Waals surface area contributed by atoms with Crippen molar-refractivity contribution in [1.29, 1.82) is 0 Å². The number of aliphatic hydroxyl groups excluding tert-OH is 1. The largest absolute Gasteiger partial charge is 0.445 e. The first-order valence-electron chi connectivity index (χ1n) is 7.22. The van der Waals surface area contributed by atoms with Gasteiger partial charge in [-0.2, -0.15) is 0 Å². The quantitative estimate of drug-likeness (QED) is 0.882. The van der Waals surface area contributed by atoms with Crippen molar-refractivity contribution in [2.75, 3.05) is 13.6 Å². The molecule has 0 radical (unpaired) electrons. The zero-order valence-corrected chi connectivity index (χ0v) is 13.7. The number of benzene rings is 1. The predicted molar refractivity (Wildman–Crippen MR) is 87.9 cm³/mol. The highest BCUT2D eigenvalue weighted by molar-refractivity contribution is 7.12. The summed E-state index contributed by atoms with van der Waals surface area (Å²) in [5.74, 6) is 0. The molecule has 1 amide bonds. The SMILES string of the molecule is Cc1ccc(C(O)CCN(C)C(=O)OCc2ccccc2)s1. The molecule has 1 aromatic heterocycles. The number of hydrogen-bond donors (Lipinski definition) is 1. The molecular weight excluding hydrogens is 298 g/mol. The summed E-state index contributed by atoms with van der Waals surface area (Å²) in [4.78, 5) is 15.5. The number of aliphatic hydroxyl groups is 1. The molecule has 1 aromatic carbocycles. The van der Waals surface area contributed by atoms with Crippen LogP contribution in [0, 0.1) is 6.92 Å². The molecule has 0 saturated heterocycles. The van der Waals surface area contributed by atoms with Crippen LogP contribution in [0.5, 0.6) is 0 Å². The van der Waals surface area contributed by atoms with E-state index < -0.39 is 6.10 Å². The third-order valence-corrected chi connectivity index (χ3v) is 4.45. The average molecular weight is 319 g/mol. The lowest BCUT2D eigenvalue weighted by Crippen LogP contribution is -2.29. The van der Waals surface area contributed by atoms with E-state index in [0.717, 1.165) is 10.4 Å². The monoisotopic (exact) mass is 319 g/mol. The molecule has 1 heterocycles. The summed E-state index contributed by atoms with van der Waals surface area (Å²) in [7, 11) is 1.68. The minimum absolute atomic E-state index is 0.261. The van der Waals surface area contributed by atoms with Gasteiger partial charge in [0.25, 0.3) is 0 Å². The summed E-state index contributed by atoms with van der Waals surface area (Å²) in [5, 5.41) is 10.1. The molecule has 118 valence electrons. The smallest absolute Gasteiger partial charge is 0.409 e. The van der Waals surface area contributed by atoms with E-state index in [1.165, 1.54) is 9.78 Å². The number of amides is 1. The molecule has 5 heteroatoms. The second-order valence-electron chi connectivity index (χ2n) is 5.21. The van der Waals surface area contributed by atoms with Gasteiger partial charge in [-0.25, -0.2) is 4.79 Å². The lowest BCUT2D eigenvalue weighted by atomic mass is 10.2. The van der Waals surface area contributed by atoms with E-state index in [0.29, 0.717) is 13.0 Å². The zero-order valence-electron chi connectivity index (χ0n) is 12.9. The number of carbonyl (C=O) groups excluding carboxylic acids is 1. The van der Waals surface area contributed by atoms with E-state index in [1.807, 2.05) is 49.4 Å². The normalized spacial score (nSPS) is 12.0. The van der Waals surface area contributed by atoms with Gasteiger partial charge in [-0.15, -0.1) is 11.3 Å². The van der Waals surface area contributed by atoms with E-state index >= 15 is 0 Å². The van der Waals surface area contributed by atoms with Crippen LogP contribution in [-0.4, -0.2) is 29.7 Å². The number of thiophene rings is 1. The number of rotatable bonds is 6. The van der Waals surface area contributed by atoms with Crippen molar-refractivity contribution in [2.24, 2.45) is 0 Å². The van der Waals surface area contributed by atoms with Gasteiger partial charge in [-0.05, 0) is 31.0 Å². The first kappa shape index (κ1) is 16.5. The number of nitrogens with zero attached hydrogens (tertiary/aromatic N) is 1. The third-order valence-electron chi connectivity index (χ3n) is 3.34. The lowest BCUT2D eigenvalue weighted by Gasteiger charge is -2.18. The minimum Gasteiger partial charge on any atom is -0.445 e. The molecule has 0 fully saturated rings. The lowest BCUT2D eigenvalue weighted by molar-refractivity contribution is 0.0955. The van der Waals surface area contributed by atoms with E-state index in [9.17, 15) is 9.90 Å². The molecule has 4 nitrogen and oxygen atoms in total. The minimum atomic E-state index is -0.539.